The van der Waals surface area contributed by atoms with Crippen LogP contribution in [-0.4, -0.2) is 15.7 Å². The van der Waals surface area contributed by atoms with Gasteiger partial charge >= 0.3 is 0 Å². The Balaban J connectivity index is 2.04. The lowest BCUT2D eigenvalue weighted by Crippen LogP contribution is -1.98. The van der Waals surface area contributed by atoms with E-state index in [-0.39, 0.29) is 0 Å². The molecule has 0 spiro atoms. The Morgan fingerprint density at radius 2 is 1.76 bits per heavy atom. The molecule has 0 bridgehead atoms. The zero-order valence-electron chi connectivity index (χ0n) is 11.3. The Morgan fingerprint density at radius 1 is 1.00 bits per heavy atom. The molecule has 0 atom stereocenters. The molecule has 0 unspecified atom stereocenters. The molecule has 0 aliphatic heterocycles. The van der Waals surface area contributed by atoms with Crippen LogP contribution in [0.5, 0.6) is 0 Å². The molecule has 0 saturated carbocycles. The van der Waals surface area contributed by atoms with Gasteiger partial charge in [-0.15, -0.1) is 6.42 Å². The van der Waals surface area contributed by atoms with Crippen LogP contribution in [0.2, 0.25) is 0 Å². The monoisotopic (exact) mass is 291 g/mol. The maximum Gasteiger partial charge on any atom is 0.191 e. The second kappa shape index (κ2) is 6.29. The lowest BCUT2D eigenvalue weighted by molar-refractivity contribution is 1.01. The highest BCUT2D eigenvalue weighted by atomic mass is 32.2. The van der Waals surface area contributed by atoms with Crippen molar-refractivity contribution in [3.8, 4) is 12.3 Å². The van der Waals surface area contributed by atoms with E-state index in [9.17, 15) is 0 Å². The van der Waals surface area contributed by atoms with Gasteiger partial charge in [0.2, 0.25) is 0 Å². The van der Waals surface area contributed by atoms with Crippen LogP contribution in [0.1, 0.15) is 0 Å². The maximum atomic E-state index is 5.31. The molecule has 1 aromatic heterocycles. The van der Waals surface area contributed by atoms with Gasteiger partial charge < -0.3 is 5.32 Å². The summed E-state index contributed by atoms with van der Waals surface area (Å²) in [6.45, 7) is 0. The molecule has 4 heteroatoms. The molecule has 102 valence electrons. The number of nitrogens with zero attached hydrogens (tertiary/aromatic N) is 2. The first-order chi connectivity index (χ1) is 10.4. The molecule has 0 radical (unpaired) electrons. The van der Waals surface area contributed by atoms with Gasteiger partial charge in [0.1, 0.15) is 5.82 Å². The van der Waals surface area contributed by atoms with Crippen molar-refractivity contribution < 1.29 is 0 Å². The molecule has 0 aliphatic carbocycles. The van der Waals surface area contributed by atoms with Gasteiger partial charge in [-0.2, -0.15) is 0 Å². The predicted octanol–water partition coefficient (Wildman–Crippen LogP) is 4.10. The van der Waals surface area contributed by atoms with Crippen molar-refractivity contribution in [2.45, 2.75) is 5.16 Å². The number of nitrogens with one attached hydrogen (secondary N) is 1. The highest BCUT2D eigenvalue weighted by molar-refractivity contribution is 7.99. The lowest BCUT2D eigenvalue weighted by atomic mass is 10.2. The highest BCUT2D eigenvalue weighted by Gasteiger charge is 2.07. The molecular formula is C17H13N3S. The van der Waals surface area contributed by atoms with Crippen molar-refractivity contribution in [2.24, 2.45) is 0 Å². The third-order valence-corrected chi connectivity index (χ3v) is 3.66. The first-order valence-electron chi connectivity index (χ1n) is 6.52. The number of hydrogen-bond donors (Lipinski definition) is 1. The zero-order valence-corrected chi connectivity index (χ0v) is 12.1. The summed E-state index contributed by atoms with van der Waals surface area (Å²) in [5, 5.41) is 5.02. The molecule has 3 rings (SSSR count). The van der Waals surface area contributed by atoms with E-state index in [1.807, 2.05) is 54.6 Å². The number of hydrogen-bond acceptors (Lipinski definition) is 4. The molecule has 3 nitrogen and oxygen atoms in total. The number of fused-ring (bicyclic) bond motifs is 1. The fourth-order valence-electron chi connectivity index (χ4n) is 1.98. The van der Waals surface area contributed by atoms with Gasteiger partial charge in [-0.1, -0.05) is 48.0 Å². The largest absolute Gasteiger partial charge is 0.340 e. The van der Waals surface area contributed by atoms with Crippen molar-refractivity contribution >= 4 is 34.2 Å². The van der Waals surface area contributed by atoms with E-state index in [0.717, 1.165) is 22.4 Å². The van der Waals surface area contributed by atoms with E-state index in [1.54, 1.807) is 0 Å². The molecule has 1 heterocycles. The number of terminal acetylenes is 1. The van der Waals surface area contributed by atoms with Crippen LogP contribution in [0.25, 0.3) is 10.9 Å². The third-order valence-electron chi connectivity index (χ3n) is 2.90. The second-order valence-corrected chi connectivity index (χ2v) is 5.30. The summed E-state index contributed by atoms with van der Waals surface area (Å²) in [7, 11) is 0. The van der Waals surface area contributed by atoms with E-state index < -0.39 is 0 Å². The minimum absolute atomic E-state index is 0.559. The standard InChI is InChI=1S/C17H13N3S/c1-2-12-21-17-19-15-11-7-6-10-14(15)16(20-17)18-13-8-4-3-5-9-13/h1,3-11H,12H2,(H,18,19,20). The average Bonchev–Trinajstić information content (AvgIpc) is 2.54. The van der Waals surface area contributed by atoms with E-state index in [0.29, 0.717) is 10.9 Å². The molecule has 3 aromatic rings. The predicted molar refractivity (Wildman–Crippen MR) is 88.8 cm³/mol. The van der Waals surface area contributed by atoms with E-state index in [1.165, 1.54) is 11.8 Å². The first-order valence-corrected chi connectivity index (χ1v) is 7.50. The SMILES string of the molecule is C#CCSc1nc(Nc2ccccc2)c2ccccc2n1. The average molecular weight is 291 g/mol. The van der Waals surface area contributed by atoms with Crippen LogP contribution in [0, 0.1) is 12.3 Å². The maximum absolute atomic E-state index is 5.31. The quantitative estimate of drug-likeness (QED) is 0.446. The van der Waals surface area contributed by atoms with E-state index in [4.69, 9.17) is 6.42 Å². The number of anilines is 2. The summed E-state index contributed by atoms with van der Waals surface area (Å²) >= 11 is 1.46. The topological polar surface area (TPSA) is 37.8 Å². The normalized spacial score (nSPS) is 10.2. The van der Waals surface area contributed by atoms with Crippen molar-refractivity contribution in [3.63, 3.8) is 0 Å². The van der Waals surface area contributed by atoms with Crippen LogP contribution in [0.15, 0.2) is 59.8 Å². The summed E-state index contributed by atoms with van der Waals surface area (Å²) < 4.78 is 0. The Hall–Kier alpha value is -2.51. The van der Waals surface area contributed by atoms with Gasteiger partial charge in [0.25, 0.3) is 0 Å². The van der Waals surface area contributed by atoms with Crippen molar-refractivity contribution in [1.82, 2.24) is 9.97 Å². The summed E-state index contributed by atoms with van der Waals surface area (Å²) in [5.74, 6) is 3.95. The Labute approximate surface area is 127 Å². The molecule has 0 amide bonds. The first kappa shape index (κ1) is 13.5. The smallest absolute Gasteiger partial charge is 0.191 e. The van der Waals surface area contributed by atoms with Gasteiger partial charge in [-0.3, -0.25) is 0 Å². The van der Waals surface area contributed by atoms with Crippen LogP contribution in [-0.2, 0) is 0 Å². The number of benzene rings is 2. The van der Waals surface area contributed by atoms with Crippen molar-refractivity contribution in [2.75, 3.05) is 11.1 Å². The molecular weight excluding hydrogens is 278 g/mol. The van der Waals surface area contributed by atoms with Crippen molar-refractivity contribution in [1.29, 1.82) is 0 Å². The molecule has 0 aliphatic rings. The van der Waals surface area contributed by atoms with Gasteiger partial charge in [0, 0.05) is 11.1 Å². The van der Waals surface area contributed by atoms with Crippen LogP contribution in [0.4, 0.5) is 11.5 Å². The van der Waals surface area contributed by atoms with Crippen LogP contribution in [0.3, 0.4) is 0 Å². The Kier molecular flexibility index (Phi) is 4.04. The number of thioether (sulfide) groups is 1. The molecule has 21 heavy (non-hydrogen) atoms. The molecule has 2 aromatic carbocycles. The van der Waals surface area contributed by atoms with E-state index >= 15 is 0 Å². The molecule has 0 saturated heterocycles. The Bertz CT molecular complexity index is 794. The minimum Gasteiger partial charge on any atom is -0.340 e. The molecule has 1 N–H and O–H groups in total. The highest BCUT2D eigenvalue weighted by Crippen LogP contribution is 2.26. The summed E-state index contributed by atoms with van der Waals surface area (Å²) in [6, 6.07) is 17.9. The lowest BCUT2D eigenvalue weighted by Gasteiger charge is -2.10. The minimum atomic E-state index is 0.559. The Morgan fingerprint density at radius 3 is 2.57 bits per heavy atom. The van der Waals surface area contributed by atoms with Crippen molar-refractivity contribution in [3.05, 3.63) is 54.6 Å². The summed E-state index contributed by atoms with van der Waals surface area (Å²) in [6.07, 6.45) is 5.31. The second-order valence-electron chi connectivity index (χ2n) is 4.36. The number of rotatable bonds is 4. The van der Waals surface area contributed by atoms with Gasteiger partial charge in [-0.05, 0) is 24.3 Å². The third kappa shape index (κ3) is 3.15. The zero-order chi connectivity index (χ0) is 14.5. The van der Waals surface area contributed by atoms with Crippen LogP contribution < -0.4 is 5.32 Å². The fourth-order valence-corrected chi connectivity index (χ4v) is 2.51. The summed E-state index contributed by atoms with van der Waals surface area (Å²) in [4.78, 5) is 9.11. The van der Waals surface area contributed by atoms with Gasteiger partial charge in [0.15, 0.2) is 5.16 Å². The van der Waals surface area contributed by atoms with Gasteiger partial charge in [-0.25, -0.2) is 9.97 Å². The van der Waals surface area contributed by atoms with E-state index in [2.05, 4.69) is 21.2 Å². The number of aromatic nitrogens is 2. The number of para-hydroxylation sites is 2. The molecule has 0 fully saturated rings. The van der Waals surface area contributed by atoms with Crippen LogP contribution >= 0.6 is 11.8 Å². The summed E-state index contributed by atoms with van der Waals surface area (Å²) in [5.41, 5.74) is 1.90. The fraction of sp³-hybridized carbons (Fsp3) is 0.0588. The van der Waals surface area contributed by atoms with Gasteiger partial charge in [0.05, 0.1) is 11.3 Å².